The minimum atomic E-state index is 0.573. The lowest BCUT2D eigenvalue weighted by Crippen LogP contribution is -2.31. The first-order valence-electron chi connectivity index (χ1n) is 8.02. The number of nitrogens with zero attached hydrogens (tertiary/aromatic N) is 3. The molecule has 1 aromatic heterocycles. The Balaban J connectivity index is 1.74. The van der Waals surface area contributed by atoms with E-state index in [0.29, 0.717) is 5.92 Å². The summed E-state index contributed by atoms with van der Waals surface area (Å²) in [4.78, 5) is 2.43. The topological polar surface area (TPSA) is 33.1 Å². The SMILES string of the molecule is CN1CCCC(c2nn(-c3ccc(Br)cc3)c3c2CCN3)C1. The smallest absolute Gasteiger partial charge is 0.133 e. The monoisotopic (exact) mass is 360 g/mol. The summed E-state index contributed by atoms with van der Waals surface area (Å²) in [5.74, 6) is 1.77. The van der Waals surface area contributed by atoms with E-state index in [-0.39, 0.29) is 0 Å². The maximum Gasteiger partial charge on any atom is 0.133 e. The fraction of sp³-hybridized carbons (Fsp3) is 0.471. The zero-order valence-electron chi connectivity index (χ0n) is 12.8. The van der Waals surface area contributed by atoms with Gasteiger partial charge in [-0.25, -0.2) is 4.68 Å². The summed E-state index contributed by atoms with van der Waals surface area (Å²) in [5, 5.41) is 8.53. The first-order valence-corrected chi connectivity index (χ1v) is 8.82. The lowest BCUT2D eigenvalue weighted by molar-refractivity contribution is 0.247. The van der Waals surface area contributed by atoms with Crippen molar-refractivity contribution in [1.29, 1.82) is 0 Å². The summed E-state index contributed by atoms with van der Waals surface area (Å²) in [6.07, 6.45) is 3.63. The zero-order valence-corrected chi connectivity index (χ0v) is 14.4. The van der Waals surface area contributed by atoms with E-state index in [1.807, 2.05) is 0 Å². The van der Waals surface area contributed by atoms with Gasteiger partial charge in [-0.05, 0) is 57.1 Å². The number of aromatic nitrogens is 2. The molecule has 22 heavy (non-hydrogen) atoms. The summed E-state index contributed by atoms with van der Waals surface area (Å²) in [6, 6.07) is 8.39. The van der Waals surface area contributed by atoms with Crippen LogP contribution >= 0.6 is 15.9 Å². The number of fused-ring (bicyclic) bond motifs is 1. The van der Waals surface area contributed by atoms with Crippen LogP contribution in [0, 0.1) is 0 Å². The van der Waals surface area contributed by atoms with Crippen LogP contribution in [0.25, 0.3) is 5.69 Å². The number of benzene rings is 1. The van der Waals surface area contributed by atoms with Crippen LogP contribution in [0.15, 0.2) is 28.7 Å². The van der Waals surface area contributed by atoms with Gasteiger partial charge in [0.25, 0.3) is 0 Å². The van der Waals surface area contributed by atoms with Crippen molar-refractivity contribution >= 4 is 21.7 Å². The summed E-state index contributed by atoms with van der Waals surface area (Å²) in [6.45, 7) is 3.37. The highest BCUT2D eigenvalue weighted by molar-refractivity contribution is 9.10. The van der Waals surface area contributed by atoms with Crippen LogP contribution in [0.5, 0.6) is 0 Å². The molecule has 1 aromatic carbocycles. The van der Waals surface area contributed by atoms with Crippen molar-refractivity contribution in [2.75, 3.05) is 32.0 Å². The molecule has 0 radical (unpaired) electrons. The van der Waals surface area contributed by atoms with Gasteiger partial charge in [0.15, 0.2) is 0 Å². The minimum Gasteiger partial charge on any atom is -0.369 e. The first kappa shape index (κ1) is 14.3. The quantitative estimate of drug-likeness (QED) is 0.890. The third-order valence-corrected chi connectivity index (χ3v) is 5.29. The maximum absolute atomic E-state index is 5.00. The van der Waals surface area contributed by atoms with E-state index in [9.17, 15) is 0 Å². The Labute approximate surface area is 139 Å². The van der Waals surface area contributed by atoms with Gasteiger partial charge in [-0.1, -0.05) is 15.9 Å². The summed E-state index contributed by atoms with van der Waals surface area (Å²) in [5.41, 5.74) is 3.88. The lowest BCUT2D eigenvalue weighted by atomic mass is 9.92. The molecule has 2 aliphatic heterocycles. The molecule has 2 aromatic rings. The molecule has 1 N–H and O–H groups in total. The van der Waals surface area contributed by atoms with E-state index < -0.39 is 0 Å². The Morgan fingerprint density at radius 3 is 2.86 bits per heavy atom. The van der Waals surface area contributed by atoms with Gasteiger partial charge in [0, 0.05) is 29.0 Å². The largest absolute Gasteiger partial charge is 0.369 e. The van der Waals surface area contributed by atoms with E-state index in [1.165, 1.54) is 36.5 Å². The molecule has 2 aliphatic rings. The molecule has 0 bridgehead atoms. The summed E-state index contributed by atoms with van der Waals surface area (Å²) < 4.78 is 3.20. The number of hydrogen-bond acceptors (Lipinski definition) is 3. The third-order valence-electron chi connectivity index (χ3n) is 4.76. The normalized spacial score (nSPS) is 21.6. The Bertz CT molecular complexity index is 677. The van der Waals surface area contributed by atoms with Gasteiger partial charge in [-0.15, -0.1) is 0 Å². The molecule has 5 heteroatoms. The average Bonchev–Trinajstić information content (AvgIpc) is 3.10. The number of anilines is 1. The second-order valence-corrected chi connectivity index (χ2v) is 7.29. The number of hydrogen-bond donors (Lipinski definition) is 1. The fourth-order valence-corrected chi connectivity index (χ4v) is 3.95. The molecule has 116 valence electrons. The molecule has 0 saturated carbocycles. The van der Waals surface area contributed by atoms with Crippen molar-refractivity contribution in [2.45, 2.75) is 25.2 Å². The molecule has 1 unspecified atom stereocenters. The van der Waals surface area contributed by atoms with Crippen LogP contribution in [-0.2, 0) is 6.42 Å². The molecule has 0 spiro atoms. The molecule has 4 rings (SSSR count). The molecule has 3 heterocycles. The van der Waals surface area contributed by atoms with E-state index in [0.717, 1.165) is 29.7 Å². The van der Waals surface area contributed by atoms with Gasteiger partial charge in [0.1, 0.15) is 5.82 Å². The van der Waals surface area contributed by atoms with E-state index in [1.54, 1.807) is 0 Å². The zero-order chi connectivity index (χ0) is 15.1. The second-order valence-electron chi connectivity index (χ2n) is 6.38. The fourth-order valence-electron chi connectivity index (χ4n) is 3.69. The van der Waals surface area contributed by atoms with Gasteiger partial charge >= 0.3 is 0 Å². The van der Waals surface area contributed by atoms with Crippen molar-refractivity contribution in [2.24, 2.45) is 0 Å². The van der Waals surface area contributed by atoms with Gasteiger partial charge in [-0.2, -0.15) is 5.10 Å². The Hall–Kier alpha value is -1.33. The molecular weight excluding hydrogens is 340 g/mol. The first-order chi connectivity index (χ1) is 10.7. The average molecular weight is 361 g/mol. The summed E-state index contributed by atoms with van der Waals surface area (Å²) >= 11 is 3.50. The minimum absolute atomic E-state index is 0.573. The van der Waals surface area contributed by atoms with E-state index in [4.69, 9.17) is 5.10 Å². The predicted octanol–water partition coefficient (Wildman–Crippen LogP) is 3.41. The number of halogens is 1. The van der Waals surface area contributed by atoms with Crippen LogP contribution in [0.1, 0.15) is 30.0 Å². The predicted molar refractivity (Wildman–Crippen MR) is 92.9 cm³/mol. The maximum atomic E-state index is 5.00. The van der Waals surface area contributed by atoms with Crippen molar-refractivity contribution in [3.05, 3.63) is 40.0 Å². The van der Waals surface area contributed by atoms with Crippen LogP contribution in [0.3, 0.4) is 0 Å². The van der Waals surface area contributed by atoms with Crippen LogP contribution in [-0.4, -0.2) is 41.4 Å². The van der Waals surface area contributed by atoms with Crippen molar-refractivity contribution in [1.82, 2.24) is 14.7 Å². The third kappa shape index (κ3) is 2.46. The number of piperidine rings is 1. The Morgan fingerprint density at radius 1 is 1.27 bits per heavy atom. The van der Waals surface area contributed by atoms with Gasteiger partial charge in [0.05, 0.1) is 11.4 Å². The molecule has 0 amide bonds. The van der Waals surface area contributed by atoms with Crippen LogP contribution in [0.2, 0.25) is 0 Å². The van der Waals surface area contributed by atoms with Crippen LogP contribution < -0.4 is 5.32 Å². The lowest BCUT2D eigenvalue weighted by Gasteiger charge is -2.29. The Kier molecular flexibility index (Phi) is 3.70. The molecule has 1 fully saturated rings. The highest BCUT2D eigenvalue weighted by Crippen LogP contribution is 2.36. The number of rotatable bonds is 2. The van der Waals surface area contributed by atoms with Crippen molar-refractivity contribution < 1.29 is 0 Å². The molecular formula is C17H21BrN4. The standard InChI is InChI=1S/C17H21BrN4/c1-21-10-2-3-12(11-21)16-15-8-9-19-17(15)22(20-16)14-6-4-13(18)5-7-14/h4-7,12,19H,2-3,8-11H2,1H3. The van der Waals surface area contributed by atoms with Crippen LogP contribution in [0.4, 0.5) is 5.82 Å². The highest BCUT2D eigenvalue weighted by Gasteiger charge is 2.29. The number of likely N-dealkylation sites (N-methyl/N-ethyl adjacent to an activating group) is 1. The van der Waals surface area contributed by atoms with Gasteiger partial charge in [0.2, 0.25) is 0 Å². The number of likely N-dealkylation sites (tertiary alicyclic amines) is 1. The second kappa shape index (κ2) is 5.70. The Morgan fingerprint density at radius 2 is 2.09 bits per heavy atom. The van der Waals surface area contributed by atoms with E-state index in [2.05, 4.69) is 62.1 Å². The molecule has 1 atom stereocenters. The molecule has 1 saturated heterocycles. The number of nitrogens with one attached hydrogen (secondary N) is 1. The van der Waals surface area contributed by atoms with Crippen molar-refractivity contribution in [3.63, 3.8) is 0 Å². The molecule has 0 aliphatic carbocycles. The van der Waals surface area contributed by atoms with Gasteiger partial charge in [-0.3, -0.25) is 0 Å². The highest BCUT2D eigenvalue weighted by atomic mass is 79.9. The van der Waals surface area contributed by atoms with Crippen molar-refractivity contribution in [3.8, 4) is 5.69 Å². The summed E-state index contributed by atoms with van der Waals surface area (Å²) in [7, 11) is 2.22. The molecule has 4 nitrogen and oxygen atoms in total. The van der Waals surface area contributed by atoms with Gasteiger partial charge < -0.3 is 10.2 Å². The van der Waals surface area contributed by atoms with E-state index >= 15 is 0 Å².